The zero-order valence-corrected chi connectivity index (χ0v) is 14.0. The molecule has 118 valence electrons. The summed E-state index contributed by atoms with van der Waals surface area (Å²) in [5.74, 6) is 0.641. The normalized spacial score (nSPS) is 18.0. The Balaban J connectivity index is 2.10. The number of hydrogen-bond donors (Lipinski definition) is 1. The molecule has 0 aromatic heterocycles. The first kappa shape index (κ1) is 16.5. The van der Waals surface area contributed by atoms with Gasteiger partial charge in [0, 0.05) is 13.1 Å². The zero-order valence-electron chi connectivity index (χ0n) is 13.2. The van der Waals surface area contributed by atoms with Crippen molar-refractivity contribution >= 4 is 10.0 Å². The summed E-state index contributed by atoms with van der Waals surface area (Å²) < 4.78 is 27.2. The average molecular weight is 310 g/mol. The van der Waals surface area contributed by atoms with Crippen LogP contribution in [0.1, 0.15) is 30.4 Å². The highest BCUT2D eigenvalue weighted by atomic mass is 32.2. The minimum Gasteiger partial charge on any atom is -0.320 e. The van der Waals surface area contributed by atoms with Gasteiger partial charge in [-0.25, -0.2) is 8.42 Å². The molecule has 0 radical (unpaired) electrons. The molecule has 0 aliphatic carbocycles. The Labute approximate surface area is 128 Å². The highest BCUT2D eigenvalue weighted by Gasteiger charge is 2.30. The molecule has 0 saturated carbocycles. The third kappa shape index (κ3) is 3.84. The highest BCUT2D eigenvalue weighted by molar-refractivity contribution is 7.89. The Morgan fingerprint density at radius 1 is 1.24 bits per heavy atom. The maximum atomic E-state index is 12.8. The maximum absolute atomic E-state index is 12.8. The van der Waals surface area contributed by atoms with Gasteiger partial charge in [-0.05, 0) is 69.8 Å². The molecule has 4 nitrogen and oxygen atoms in total. The summed E-state index contributed by atoms with van der Waals surface area (Å²) >= 11 is 0. The molecule has 1 aliphatic heterocycles. The molecule has 1 heterocycles. The molecule has 1 aromatic carbocycles. The van der Waals surface area contributed by atoms with Gasteiger partial charge < -0.3 is 5.32 Å². The first-order valence-electron chi connectivity index (χ1n) is 7.67. The van der Waals surface area contributed by atoms with E-state index in [4.69, 9.17) is 0 Å². The quantitative estimate of drug-likeness (QED) is 0.908. The van der Waals surface area contributed by atoms with E-state index in [0.29, 0.717) is 23.9 Å². The lowest BCUT2D eigenvalue weighted by Gasteiger charge is -2.31. The first-order valence-corrected chi connectivity index (χ1v) is 9.11. The molecule has 0 bridgehead atoms. The van der Waals surface area contributed by atoms with Gasteiger partial charge in [-0.1, -0.05) is 12.1 Å². The van der Waals surface area contributed by atoms with Gasteiger partial charge in [0.25, 0.3) is 0 Å². The molecule has 0 amide bonds. The third-order valence-electron chi connectivity index (χ3n) is 4.34. The monoisotopic (exact) mass is 310 g/mol. The largest absolute Gasteiger partial charge is 0.320 e. The van der Waals surface area contributed by atoms with Crippen LogP contribution in [0.3, 0.4) is 0 Å². The van der Waals surface area contributed by atoms with Gasteiger partial charge in [-0.2, -0.15) is 4.31 Å². The average Bonchev–Trinajstić information content (AvgIpc) is 2.48. The van der Waals surface area contributed by atoms with Crippen LogP contribution in [0.4, 0.5) is 0 Å². The smallest absolute Gasteiger partial charge is 0.243 e. The van der Waals surface area contributed by atoms with Crippen molar-refractivity contribution in [2.45, 2.75) is 38.0 Å². The van der Waals surface area contributed by atoms with E-state index in [2.05, 4.69) is 5.32 Å². The lowest BCUT2D eigenvalue weighted by Crippen LogP contribution is -2.39. The van der Waals surface area contributed by atoms with E-state index in [1.165, 1.54) is 0 Å². The Hall–Kier alpha value is -0.910. The van der Waals surface area contributed by atoms with Crippen molar-refractivity contribution in [3.05, 3.63) is 29.3 Å². The van der Waals surface area contributed by atoms with Crippen LogP contribution in [0.15, 0.2) is 23.1 Å². The first-order chi connectivity index (χ1) is 9.95. The summed E-state index contributed by atoms with van der Waals surface area (Å²) in [5, 5.41) is 3.16. The summed E-state index contributed by atoms with van der Waals surface area (Å²) in [6.07, 6.45) is 3.06. The van der Waals surface area contributed by atoms with Gasteiger partial charge in [0.1, 0.15) is 0 Å². The number of aryl methyl sites for hydroxylation is 2. The number of piperidine rings is 1. The van der Waals surface area contributed by atoms with Crippen LogP contribution in [0.25, 0.3) is 0 Å². The number of hydrogen-bond acceptors (Lipinski definition) is 3. The van der Waals surface area contributed by atoms with E-state index in [0.717, 1.165) is 36.9 Å². The lowest BCUT2D eigenvalue weighted by atomic mass is 9.95. The summed E-state index contributed by atoms with van der Waals surface area (Å²) in [6, 6.07) is 5.64. The van der Waals surface area contributed by atoms with E-state index >= 15 is 0 Å². The minimum absolute atomic E-state index is 0.469. The molecule has 1 N–H and O–H groups in total. The third-order valence-corrected chi connectivity index (χ3v) is 6.38. The molecule has 5 heteroatoms. The zero-order chi connectivity index (χ0) is 15.5. The van der Waals surface area contributed by atoms with E-state index in [-0.39, 0.29) is 0 Å². The second-order valence-electron chi connectivity index (χ2n) is 6.01. The summed E-state index contributed by atoms with van der Waals surface area (Å²) in [5.41, 5.74) is 1.82. The van der Waals surface area contributed by atoms with Crippen LogP contribution >= 0.6 is 0 Å². The van der Waals surface area contributed by atoms with Crippen LogP contribution < -0.4 is 5.32 Å². The van der Waals surface area contributed by atoms with Crippen LogP contribution in [0.5, 0.6) is 0 Å². The SMILES string of the molecule is CNCCC1CCN(S(=O)(=O)c2cc(C)ccc2C)CC1. The number of sulfonamides is 1. The standard InChI is InChI=1S/C16H26N2O2S/c1-13-4-5-14(2)16(12-13)21(19,20)18-10-7-15(8-11-18)6-9-17-3/h4-5,12,15,17H,6-11H2,1-3H3. The van der Waals surface area contributed by atoms with Crippen LogP contribution in [-0.4, -0.2) is 39.4 Å². The van der Waals surface area contributed by atoms with Crippen molar-refractivity contribution in [2.75, 3.05) is 26.7 Å². The van der Waals surface area contributed by atoms with E-state index in [1.807, 2.05) is 33.0 Å². The van der Waals surface area contributed by atoms with Crippen LogP contribution in [0, 0.1) is 19.8 Å². The molecular weight excluding hydrogens is 284 g/mol. The summed E-state index contributed by atoms with van der Waals surface area (Å²) in [4.78, 5) is 0.469. The van der Waals surface area contributed by atoms with Crippen LogP contribution in [0.2, 0.25) is 0 Å². The van der Waals surface area contributed by atoms with Crippen molar-refractivity contribution in [3.8, 4) is 0 Å². The van der Waals surface area contributed by atoms with Gasteiger partial charge in [-0.15, -0.1) is 0 Å². The van der Waals surface area contributed by atoms with E-state index in [9.17, 15) is 8.42 Å². The van der Waals surface area contributed by atoms with Gasteiger partial charge in [0.2, 0.25) is 10.0 Å². The molecule has 1 fully saturated rings. The number of nitrogens with zero attached hydrogens (tertiary/aromatic N) is 1. The molecule has 0 unspecified atom stereocenters. The molecule has 1 aromatic rings. The van der Waals surface area contributed by atoms with Gasteiger partial charge in [0.15, 0.2) is 0 Å². The van der Waals surface area contributed by atoms with Gasteiger partial charge >= 0.3 is 0 Å². The molecular formula is C16H26N2O2S. The second kappa shape index (κ2) is 6.90. The molecule has 0 atom stereocenters. The Bertz CT molecular complexity index is 576. The second-order valence-corrected chi connectivity index (χ2v) is 7.91. The fourth-order valence-electron chi connectivity index (χ4n) is 2.91. The lowest BCUT2D eigenvalue weighted by molar-refractivity contribution is 0.263. The minimum atomic E-state index is -3.34. The predicted octanol–water partition coefficient (Wildman–Crippen LogP) is 2.31. The van der Waals surface area contributed by atoms with Gasteiger partial charge in [0.05, 0.1) is 4.90 Å². The van der Waals surface area contributed by atoms with Crippen LogP contribution in [-0.2, 0) is 10.0 Å². The molecule has 21 heavy (non-hydrogen) atoms. The topological polar surface area (TPSA) is 49.4 Å². The van der Waals surface area contributed by atoms with E-state index < -0.39 is 10.0 Å². The molecule has 1 saturated heterocycles. The highest BCUT2D eigenvalue weighted by Crippen LogP contribution is 2.27. The summed E-state index contributed by atoms with van der Waals surface area (Å²) in [7, 11) is -1.38. The van der Waals surface area contributed by atoms with E-state index in [1.54, 1.807) is 10.4 Å². The Morgan fingerprint density at radius 3 is 2.52 bits per heavy atom. The van der Waals surface area contributed by atoms with Gasteiger partial charge in [-0.3, -0.25) is 0 Å². The van der Waals surface area contributed by atoms with Crippen molar-refractivity contribution in [1.82, 2.24) is 9.62 Å². The van der Waals surface area contributed by atoms with Crippen molar-refractivity contribution < 1.29 is 8.42 Å². The number of nitrogens with one attached hydrogen (secondary N) is 1. The van der Waals surface area contributed by atoms with Crippen molar-refractivity contribution in [2.24, 2.45) is 5.92 Å². The fourth-order valence-corrected chi connectivity index (χ4v) is 4.69. The fraction of sp³-hybridized carbons (Fsp3) is 0.625. The molecule has 0 spiro atoms. The molecule has 1 aliphatic rings. The Morgan fingerprint density at radius 2 is 1.90 bits per heavy atom. The predicted molar refractivity (Wildman–Crippen MR) is 85.9 cm³/mol. The van der Waals surface area contributed by atoms with Crippen molar-refractivity contribution in [1.29, 1.82) is 0 Å². The maximum Gasteiger partial charge on any atom is 0.243 e. The number of benzene rings is 1. The molecule has 2 rings (SSSR count). The summed E-state index contributed by atoms with van der Waals surface area (Å²) in [6.45, 7) is 6.09. The van der Waals surface area contributed by atoms with Crippen molar-refractivity contribution in [3.63, 3.8) is 0 Å². The Kier molecular flexibility index (Phi) is 5.41. The number of rotatable bonds is 5.